The molecule has 21 heavy (non-hydrogen) atoms. The van der Waals surface area contributed by atoms with Gasteiger partial charge in [-0.1, -0.05) is 17.7 Å². The molecule has 0 amide bonds. The SMILES string of the molecule is Cc1ccc(Nc2nc(NN)nc(C)c2[N+](=O)[O-])c(Cl)c1. The number of hydrogen-bond donors (Lipinski definition) is 3. The zero-order valence-electron chi connectivity index (χ0n) is 11.3. The topological polar surface area (TPSA) is 119 Å². The van der Waals surface area contributed by atoms with Crippen LogP contribution in [0.25, 0.3) is 0 Å². The molecular formula is C12H13ClN6O2. The minimum absolute atomic E-state index is 0.0196. The number of anilines is 3. The van der Waals surface area contributed by atoms with E-state index in [1.54, 1.807) is 12.1 Å². The smallest absolute Gasteiger partial charge is 0.332 e. The summed E-state index contributed by atoms with van der Waals surface area (Å²) >= 11 is 6.11. The van der Waals surface area contributed by atoms with Crippen LogP contribution in [0.15, 0.2) is 18.2 Å². The first-order valence-corrected chi connectivity index (χ1v) is 6.33. The van der Waals surface area contributed by atoms with E-state index < -0.39 is 4.92 Å². The van der Waals surface area contributed by atoms with Gasteiger partial charge >= 0.3 is 5.69 Å². The van der Waals surface area contributed by atoms with E-state index in [4.69, 9.17) is 17.4 Å². The summed E-state index contributed by atoms with van der Waals surface area (Å²) in [7, 11) is 0. The molecule has 0 unspecified atom stereocenters. The number of nitrogens with one attached hydrogen (secondary N) is 2. The highest BCUT2D eigenvalue weighted by Gasteiger charge is 2.22. The number of nitrogen functional groups attached to an aromatic ring is 1. The number of halogens is 1. The first-order chi connectivity index (χ1) is 9.92. The summed E-state index contributed by atoms with van der Waals surface area (Å²) < 4.78 is 0. The van der Waals surface area contributed by atoms with Crippen molar-refractivity contribution in [3.8, 4) is 0 Å². The number of nitro groups is 1. The van der Waals surface area contributed by atoms with Gasteiger partial charge in [-0.3, -0.25) is 15.5 Å². The number of aryl methyl sites for hydroxylation is 2. The number of aromatic nitrogens is 2. The summed E-state index contributed by atoms with van der Waals surface area (Å²) in [5.74, 6) is 5.35. The number of rotatable bonds is 4. The van der Waals surface area contributed by atoms with Crippen molar-refractivity contribution in [2.24, 2.45) is 5.84 Å². The Bertz CT molecular complexity index is 706. The van der Waals surface area contributed by atoms with Crippen LogP contribution < -0.4 is 16.6 Å². The maximum atomic E-state index is 11.2. The zero-order chi connectivity index (χ0) is 15.6. The highest BCUT2D eigenvalue weighted by Crippen LogP contribution is 2.32. The molecule has 1 heterocycles. The maximum Gasteiger partial charge on any atom is 0.332 e. The van der Waals surface area contributed by atoms with Gasteiger partial charge < -0.3 is 5.32 Å². The molecule has 2 rings (SSSR count). The minimum Gasteiger partial charge on any atom is -0.333 e. The molecule has 4 N–H and O–H groups in total. The lowest BCUT2D eigenvalue weighted by Gasteiger charge is -2.11. The number of hydrazine groups is 1. The van der Waals surface area contributed by atoms with Gasteiger partial charge in [0.15, 0.2) is 0 Å². The Morgan fingerprint density at radius 2 is 2.05 bits per heavy atom. The van der Waals surface area contributed by atoms with Gasteiger partial charge in [-0.15, -0.1) is 0 Å². The number of nitrogens with two attached hydrogens (primary N) is 1. The molecule has 0 radical (unpaired) electrons. The summed E-state index contributed by atoms with van der Waals surface area (Å²) in [4.78, 5) is 18.5. The van der Waals surface area contributed by atoms with Gasteiger partial charge in [-0.2, -0.15) is 4.98 Å². The van der Waals surface area contributed by atoms with E-state index in [1.165, 1.54) is 6.92 Å². The molecule has 8 nitrogen and oxygen atoms in total. The molecule has 0 fully saturated rings. The lowest BCUT2D eigenvalue weighted by molar-refractivity contribution is -0.385. The van der Waals surface area contributed by atoms with Gasteiger partial charge in [0.2, 0.25) is 11.8 Å². The summed E-state index contributed by atoms with van der Waals surface area (Å²) in [6.45, 7) is 3.39. The van der Waals surface area contributed by atoms with Gasteiger partial charge in [-0.05, 0) is 31.5 Å². The van der Waals surface area contributed by atoms with Crippen LogP contribution in [0.1, 0.15) is 11.3 Å². The minimum atomic E-state index is -0.555. The Morgan fingerprint density at radius 3 is 2.62 bits per heavy atom. The van der Waals surface area contributed by atoms with E-state index in [1.807, 2.05) is 13.0 Å². The molecule has 1 aromatic carbocycles. The van der Waals surface area contributed by atoms with Crippen LogP contribution in [0.3, 0.4) is 0 Å². The van der Waals surface area contributed by atoms with Gasteiger partial charge in [0.1, 0.15) is 5.69 Å². The largest absolute Gasteiger partial charge is 0.333 e. The fourth-order valence-electron chi connectivity index (χ4n) is 1.79. The fraction of sp³-hybridized carbons (Fsp3) is 0.167. The lowest BCUT2D eigenvalue weighted by Crippen LogP contribution is -2.13. The van der Waals surface area contributed by atoms with Crippen LogP contribution in [0.5, 0.6) is 0 Å². The van der Waals surface area contributed by atoms with E-state index in [0.717, 1.165) is 5.56 Å². The molecule has 2 aromatic rings. The van der Waals surface area contributed by atoms with Crippen LogP contribution in [0.2, 0.25) is 5.02 Å². The number of hydrogen-bond acceptors (Lipinski definition) is 7. The summed E-state index contributed by atoms with van der Waals surface area (Å²) in [6.07, 6.45) is 0. The van der Waals surface area contributed by atoms with E-state index in [9.17, 15) is 10.1 Å². The van der Waals surface area contributed by atoms with Crippen molar-refractivity contribution in [3.63, 3.8) is 0 Å². The summed E-state index contributed by atoms with van der Waals surface area (Å²) in [5, 5.41) is 14.5. The predicted octanol–water partition coefficient (Wildman–Crippen LogP) is 2.68. The van der Waals surface area contributed by atoms with E-state index >= 15 is 0 Å². The van der Waals surface area contributed by atoms with Crippen molar-refractivity contribution in [1.82, 2.24) is 9.97 Å². The van der Waals surface area contributed by atoms with Crippen molar-refractivity contribution in [1.29, 1.82) is 0 Å². The van der Waals surface area contributed by atoms with E-state index in [2.05, 4.69) is 20.7 Å². The molecule has 9 heteroatoms. The molecule has 0 bridgehead atoms. The van der Waals surface area contributed by atoms with Crippen LogP contribution in [-0.4, -0.2) is 14.9 Å². The molecule has 0 spiro atoms. The molecular weight excluding hydrogens is 296 g/mol. The van der Waals surface area contributed by atoms with Crippen molar-refractivity contribution >= 4 is 34.7 Å². The van der Waals surface area contributed by atoms with Crippen molar-refractivity contribution < 1.29 is 4.92 Å². The zero-order valence-corrected chi connectivity index (χ0v) is 12.1. The second-order valence-corrected chi connectivity index (χ2v) is 4.75. The first kappa shape index (κ1) is 14.9. The normalized spacial score (nSPS) is 10.3. The number of benzene rings is 1. The first-order valence-electron chi connectivity index (χ1n) is 5.95. The maximum absolute atomic E-state index is 11.2. The fourth-order valence-corrected chi connectivity index (χ4v) is 2.07. The average molecular weight is 309 g/mol. The highest BCUT2D eigenvalue weighted by atomic mass is 35.5. The Morgan fingerprint density at radius 1 is 1.33 bits per heavy atom. The van der Waals surface area contributed by atoms with E-state index in [-0.39, 0.29) is 23.1 Å². The predicted molar refractivity (Wildman–Crippen MR) is 80.7 cm³/mol. The third-order valence-electron chi connectivity index (χ3n) is 2.75. The molecule has 0 aliphatic rings. The Balaban J connectivity index is 2.51. The van der Waals surface area contributed by atoms with Gasteiger partial charge in [0, 0.05) is 0 Å². The molecule has 0 aliphatic carbocycles. The Hall–Kier alpha value is -2.45. The van der Waals surface area contributed by atoms with Gasteiger partial charge in [0.25, 0.3) is 0 Å². The second-order valence-electron chi connectivity index (χ2n) is 4.34. The lowest BCUT2D eigenvalue weighted by atomic mass is 10.2. The molecule has 1 aromatic heterocycles. The monoisotopic (exact) mass is 308 g/mol. The molecule has 0 saturated heterocycles. The van der Waals surface area contributed by atoms with Gasteiger partial charge in [-0.25, -0.2) is 10.8 Å². The van der Waals surface area contributed by atoms with Gasteiger partial charge in [0.05, 0.1) is 15.6 Å². The van der Waals surface area contributed by atoms with Crippen LogP contribution in [-0.2, 0) is 0 Å². The van der Waals surface area contributed by atoms with Crippen LogP contribution in [0.4, 0.5) is 23.1 Å². The molecule has 0 atom stereocenters. The van der Waals surface area contributed by atoms with Crippen molar-refractivity contribution in [2.45, 2.75) is 13.8 Å². The quantitative estimate of drug-likeness (QED) is 0.451. The standard InChI is InChI=1S/C12H13ClN6O2/c1-6-3-4-9(8(13)5-6)16-11-10(19(20)21)7(2)15-12(17-11)18-14/h3-5H,14H2,1-2H3,(H2,15,16,17,18). The van der Waals surface area contributed by atoms with Crippen LogP contribution >= 0.6 is 11.6 Å². The van der Waals surface area contributed by atoms with E-state index in [0.29, 0.717) is 10.7 Å². The van der Waals surface area contributed by atoms with Crippen molar-refractivity contribution in [2.75, 3.05) is 10.7 Å². The average Bonchev–Trinajstić information content (AvgIpc) is 2.40. The molecule has 110 valence electrons. The highest BCUT2D eigenvalue weighted by molar-refractivity contribution is 6.33. The molecule has 0 saturated carbocycles. The Labute approximate surface area is 125 Å². The third-order valence-corrected chi connectivity index (χ3v) is 3.06. The third kappa shape index (κ3) is 3.18. The second kappa shape index (κ2) is 5.90. The summed E-state index contributed by atoms with van der Waals surface area (Å²) in [5.41, 5.74) is 3.70. The Kier molecular flexibility index (Phi) is 4.20. The number of nitrogens with zero attached hydrogens (tertiary/aromatic N) is 3. The summed E-state index contributed by atoms with van der Waals surface area (Å²) in [6, 6.07) is 5.29. The van der Waals surface area contributed by atoms with Crippen LogP contribution in [0, 0.1) is 24.0 Å². The van der Waals surface area contributed by atoms with Crippen molar-refractivity contribution in [3.05, 3.63) is 44.6 Å². The molecule has 0 aliphatic heterocycles.